The third-order valence-corrected chi connectivity index (χ3v) is 5.36. The number of amides is 1. The van der Waals surface area contributed by atoms with Crippen molar-refractivity contribution in [2.45, 2.75) is 37.8 Å². The van der Waals surface area contributed by atoms with Crippen LogP contribution in [0.25, 0.3) is 0 Å². The van der Waals surface area contributed by atoms with E-state index in [1.54, 1.807) is 10.9 Å². The molecular weight excluding hydrogens is 402 g/mol. The van der Waals surface area contributed by atoms with Gasteiger partial charge in [-0.05, 0) is 18.4 Å². The van der Waals surface area contributed by atoms with Crippen molar-refractivity contribution in [2.24, 2.45) is 7.05 Å². The molecule has 9 heteroatoms. The van der Waals surface area contributed by atoms with E-state index in [0.29, 0.717) is 16.8 Å². The van der Waals surface area contributed by atoms with Crippen LogP contribution in [0.2, 0.25) is 5.02 Å². The van der Waals surface area contributed by atoms with Gasteiger partial charge in [0, 0.05) is 19.3 Å². The first kappa shape index (κ1) is 20.2. The zero-order valence-electron chi connectivity index (χ0n) is 16.7. The molecule has 3 N–H and O–H groups in total. The van der Waals surface area contributed by atoms with E-state index in [1.165, 1.54) is 6.20 Å². The smallest absolute Gasteiger partial charge is 0.247 e. The molecule has 1 aromatic carbocycles. The van der Waals surface area contributed by atoms with Gasteiger partial charge in [0.15, 0.2) is 5.82 Å². The lowest BCUT2D eigenvalue weighted by Gasteiger charge is -2.22. The van der Waals surface area contributed by atoms with Crippen LogP contribution in [-0.2, 0) is 11.8 Å². The molecule has 1 aliphatic carbocycles. The Labute approximate surface area is 180 Å². The number of rotatable bonds is 7. The van der Waals surface area contributed by atoms with Crippen LogP contribution in [0.1, 0.15) is 37.3 Å². The predicted molar refractivity (Wildman–Crippen MR) is 117 cm³/mol. The molecule has 0 radical (unpaired) electrons. The highest BCUT2D eigenvalue weighted by molar-refractivity contribution is 6.32. The van der Waals surface area contributed by atoms with Gasteiger partial charge in [-0.2, -0.15) is 10.1 Å². The van der Waals surface area contributed by atoms with Crippen LogP contribution < -0.4 is 16.0 Å². The van der Waals surface area contributed by atoms with Gasteiger partial charge in [-0.3, -0.25) is 9.48 Å². The quantitative estimate of drug-likeness (QED) is 0.532. The maximum Gasteiger partial charge on any atom is 0.247 e. The fourth-order valence-electron chi connectivity index (χ4n) is 3.58. The SMILES string of the molecule is Cn1cc(Nc2ncc(Cl)c(N[C@H](C(=O)NC3CCCC3)c3ccccc3)n2)cn1. The first-order chi connectivity index (χ1) is 14.6. The Balaban J connectivity index is 1.57. The molecule has 1 aliphatic rings. The van der Waals surface area contributed by atoms with Crippen molar-refractivity contribution in [3.8, 4) is 0 Å². The molecule has 2 aromatic heterocycles. The number of nitrogens with one attached hydrogen (secondary N) is 3. The zero-order chi connectivity index (χ0) is 20.9. The number of aryl methyl sites for hydroxylation is 1. The molecule has 0 bridgehead atoms. The van der Waals surface area contributed by atoms with Crippen molar-refractivity contribution in [3.05, 3.63) is 59.5 Å². The summed E-state index contributed by atoms with van der Waals surface area (Å²) in [4.78, 5) is 21.8. The van der Waals surface area contributed by atoms with Crippen LogP contribution in [0.4, 0.5) is 17.5 Å². The van der Waals surface area contributed by atoms with Crippen LogP contribution in [0.15, 0.2) is 48.9 Å². The minimum Gasteiger partial charge on any atom is -0.353 e. The molecule has 0 aliphatic heterocycles. The molecule has 1 fully saturated rings. The van der Waals surface area contributed by atoms with Gasteiger partial charge in [0.1, 0.15) is 11.1 Å². The minimum absolute atomic E-state index is 0.0930. The monoisotopic (exact) mass is 425 g/mol. The number of carbonyl (C=O) groups is 1. The van der Waals surface area contributed by atoms with E-state index in [1.807, 2.05) is 43.6 Å². The van der Waals surface area contributed by atoms with E-state index in [0.717, 1.165) is 36.9 Å². The predicted octanol–water partition coefficient (Wildman–Crippen LogP) is 3.82. The largest absolute Gasteiger partial charge is 0.353 e. The molecule has 30 heavy (non-hydrogen) atoms. The average Bonchev–Trinajstić information content (AvgIpc) is 3.40. The van der Waals surface area contributed by atoms with Gasteiger partial charge in [-0.1, -0.05) is 54.8 Å². The second-order valence-corrected chi connectivity index (χ2v) is 7.80. The Hall–Kier alpha value is -3.13. The summed E-state index contributed by atoms with van der Waals surface area (Å²) in [5.74, 6) is 0.649. The van der Waals surface area contributed by atoms with Crippen LogP contribution in [0, 0.1) is 0 Å². The maximum absolute atomic E-state index is 13.1. The van der Waals surface area contributed by atoms with Crippen molar-refractivity contribution >= 4 is 35.0 Å². The molecule has 1 saturated carbocycles. The molecule has 0 unspecified atom stereocenters. The van der Waals surface area contributed by atoms with Gasteiger partial charge in [0.2, 0.25) is 11.9 Å². The first-order valence-electron chi connectivity index (χ1n) is 9.98. The molecule has 4 rings (SSSR count). The molecule has 0 saturated heterocycles. The third kappa shape index (κ3) is 4.88. The Morgan fingerprint density at radius 1 is 1.20 bits per heavy atom. The highest BCUT2D eigenvalue weighted by atomic mass is 35.5. The second-order valence-electron chi connectivity index (χ2n) is 7.40. The fraction of sp³-hybridized carbons (Fsp3) is 0.333. The summed E-state index contributed by atoms with van der Waals surface area (Å²) >= 11 is 6.35. The Bertz CT molecular complexity index is 1000. The van der Waals surface area contributed by atoms with Crippen molar-refractivity contribution in [2.75, 3.05) is 10.6 Å². The van der Waals surface area contributed by atoms with E-state index >= 15 is 0 Å². The third-order valence-electron chi connectivity index (χ3n) is 5.08. The lowest BCUT2D eigenvalue weighted by Crippen LogP contribution is -2.39. The van der Waals surface area contributed by atoms with Crippen molar-refractivity contribution < 1.29 is 4.79 Å². The molecule has 156 valence electrons. The van der Waals surface area contributed by atoms with E-state index in [4.69, 9.17) is 11.6 Å². The fourth-order valence-corrected chi connectivity index (χ4v) is 3.73. The summed E-state index contributed by atoms with van der Waals surface area (Å²) in [6, 6.07) is 9.15. The van der Waals surface area contributed by atoms with Crippen molar-refractivity contribution in [1.29, 1.82) is 0 Å². The number of benzene rings is 1. The maximum atomic E-state index is 13.1. The number of anilines is 3. The highest BCUT2D eigenvalue weighted by Gasteiger charge is 2.26. The second kappa shape index (κ2) is 9.13. The standard InChI is InChI=1S/C21H24ClN7O/c1-29-13-16(11-24-29)26-21-23-12-17(22)19(28-21)27-18(14-7-3-2-4-8-14)20(30)25-15-9-5-6-10-15/h2-4,7-8,11-13,15,18H,5-6,9-10H2,1H3,(H,25,30)(H2,23,26,27,28)/t18-/m0/s1. The summed E-state index contributed by atoms with van der Waals surface area (Å²) in [7, 11) is 1.83. The van der Waals surface area contributed by atoms with Gasteiger partial charge >= 0.3 is 0 Å². The molecule has 1 amide bonds. The number of halogens is 1. The number of hydrogen-bond acceptors (Lipinski definition) is 6. The molecule has 8 nitrogen and oxygen atoms in total. The molecule has 1 atom stereocenters. The number of hydrogen-bond donors (Lipinski definition) is 3. The van der Waals surface area contributed by atoms with Crippen molar-refractivity contribution in [1.82, 2.24) is 25.1 Å². The zero-order valence-corrected chi connectivity index (χ0v) is 17.4. The Morgan fingerprint density at radius 3 is 2.67 bits per heavy atom. The number of nitrogens with zero attached hydrogens (tertiary/aromatic N) is 4. The molecule has 2 heterocycles. The molecule has 0 spiro atoms. The van der Waals surface area contributed by atoms with Crippen LogP contribution in [-0.4, -0.2) is 31.7 Å². The van der Waals surface area contributed by atoms with Crippen LogP contribution in [0.5, 0.6) is 0 Å². The number of aromatic nitrogens is 4. The van der Waals surface area contributed by atoms with Crippen molar-refractivity contribution in [3.63, 3.8) is 0 Å². The van der Waals surface area contributed by atoms with Crippen LogP contribution >= 0.6 is 11.6 Å². The van der Waals surface area contributed by atoms with E-state index in [9.17, 15) is 4.79 Å². The minimum atomic E-state index is -0.620. The first-order valence-corrected chi connectivity index (χ1v) is 10.4. The lowest BCUT2D eigenvalue weighted by molar-refractivity contribution is -0.122. The van der Waals surface area contributed by atoms with Gasteiger partial charge in [-0.25, -0.2) is 4.98 Å². The van der Waals surface area contributed by atoms with E-state index < -0.39 is 6.04 Å². The van der Waals surface area contributed by atoms with Gasteiger partial charge in [-0.15, -0.1) is 0 Å². The topological polar surface area (TPSA) is 96.8 Å². The summed E-state index contributed by atoms with van der Waals surface area (Å²) in [5.41, 5.74) is 1.59. The van der Waals surface area contributed by atoms with Gasteiger partial charge in [0.05, 0.1) is 18.1 Å². The highest BCUT2D eigenvalue weighted by Crippen LogP contribution is 2.27. The van der Waals surface area contributed by atoms with Gasteiger partial charge < -0.3 is 16.0 Å². The average molecular weight is 426 g/mol. The Morgan fingerprint density at radius 2 is 1.97 bits per heavy atom. The lowest BCUT2D eigenvalue weighted by atomic mass is 10.1. The summed E-state index contributed by atoms with van der Waals surface area (Å²) in [6.45, 7) is 0. The van der Waals surface area contributed by atoms with Crippen LogP contribution in [0.3, 0.4) is 0 Å². The van der Waals surface area contributed by atoms with E-state index in [2.05, 4.69) is 31.0 Å². The molecular formula is C21H24ClN7O. The van der Waals surface area contributed by atoms with E-state index in [-0.39, 0.29) is 11.9 Å². The summed E-state index contributed by atoms with van der Waals surface area (Å²) < 4.78 is 1.68. The van der Waals surface area contributed by atoms with Gasteiger partial charge in [0.25, 0.3) is 0 Å². The molecule has 3 aromatic rings. The Kier molecular flexibility index (Phi) is 6.13. The summed E-state index contributed by atoms with van der Waals surface area (Å²) in [5, 5.41) is 13.9. The number of carbonyl (C=O) groups excluding carboxylic acids is 1. The summed E-state index contributed by atoms with van der Waals surface area (Å²) in [6.07, 6.45) is 9.32. The normalized spacial score (nSPS) is 15.0.